The minimum atomic E-state index is -1.16. The molecule has 0 saturated carbocycles. The van der Waals surface area contributed by atoms with Crippen LogP contribution in [0.4, 0.5) is 0 Å². The largest absolute Gasteiger partial charge is 0.436 e. The summed E-state index contributed by atoms with van der Waals surface area (Å²) in [5.74, 6) is -0.545. The van der Waals surface area contributed by atoms with Crippen LogP contribution >= 0.6 is 0 Å². The maximum absolute atomic E-state index is 10.1. The number of esters is 1. The van der Waals surface area contributed by atoms with Crippen molar-refractivity contribution in [3.05, 3.63) is 0 Å². The van der Waals surface area contributed by atoms with Crippen LogP contribution in [0.25, 0.3) is 0 Å². The van der Waals surface area contributed by atoms with Crippen molar-refractivity contribution in [2.24, 2.45) is 0 Å². The molecule has 0 heterocycles. The van der Waals surface area contributed by atoms with Crippen LogP contribution in [-0.2, 0) is 9.53 Å². The molecule has 0 radical (unpaired) electrons. The number of hydrogen-bond acceptors (Lipinski definition) is 4. The van der Waals surface area contributed by atoms with Gasteiger partial charge < -0.3 is 14.9 Å². The molecular weight excluding hydrogens is 124 g/mol. The van der Waals surface area contributed by atoms with Crippen molar-refractivity contribution in [2.45, 2.75) is 19.6 Å². The van der Waals surface area contributed by atoms with Crippen LogP contribution in [0.3, 0.4) is 0 Å². The van der Waals surface area contributed by atoms with Gasteiger partial charge in [-0.15, -0.1) is 0 Å². The van der Waals surface area contributed by atoms with Gasteiger partial charge >= 0.3 is 5.97 Å². The molecule has 4 nitrogen and oxygen atoms in total. The zero-order valence-corrected chi connectivity index (χ0v) is 5.20. The van der Waals surface area contributed by atoms with E-state index in [2.05, 4.69) is 4.74 Å². The molecule has 1 unspecified atom stereocenters. The fraction of sp³-hybridized carbons (Fsp3) is 0.800. The number of carbonyl (C=O) groups is 1. The molecule has 0 aliphatic carbocycles. The lowest BCUT2D eigenvalue weighted by atomic mass is 10.4. The van der Waals surface area contributed by atoms with E-state index in [4.69, 9.17) is 10.2 Å². The van der Waals surface area contributed by atoms with E-state index >= 15 is 0 Å². The maximum Gasteiger partial charge on any atom is 0.304 e. The molecule has 2 N–H and O–H groups in total. The summed E-state index contributed by atoms with van der Waals surface area (Å²) in [6.07, 6.45) is -1.09. The van der Waals surface area contributed by atoms with Gasteiger partial charge in [-0.1, -0.05) is 0 Å². The Balaban J connectivity index is 3.26. The Morgan fingerprint density at radius 3 is 2.67 bits per heavy atom. The minimum Gasteiger partial charge on any atom is -0.436 e. The topological polar surface area (TPSA) is 66.8 Å². The normalized spacial score (nSPS) is 12.8. The van der Waals surface area contributed by atoms with E-state index in [1.807, 2.05) is 0 Å². The summed E-state index contributed by atoms with van der Waals surface area (Å²) in [4.78, 5) is 10.1. The molecule has 0 bridgehead atoms. The Bertz CT molecular complexity index is 91.0. The van der Waals surface area contributed by atoms with Crippen LogP contribution in [0.1, 0.15) is 13.3 Å². The van der Waals surface area contributed by atoms with Crippen molar-refractivity contribution < 1.29 is 19.7 Å². The van der Waals surface area contributed by atoms with Gasteiger partial charge in [-0.05, 0) is 0 Å². The summed E-state index contributed by atoms with van der Waals surface area (Å²) in [7, 11) is 0. The van der Waals surface area contributed by atoms with Gasteiger partial charge in [0, 0.05) is 20.0 Å². The lowest BCUT2D eigenvalue weighted by molar-refractivity contribution is -0.166. The number of aliphatic hydroxyl groups excluding tert-OH is 2. The highest BCUT2D eigenvalue weighted by atomic mass is 16.6. The lowest BCUT2D eigenvalue weighted by Gasteiger charge is -2.06. The van der Waals surface area contributed by atoms with Gasteiger partial charge in [0.2, 0.25) is 6.29 Å². The van der Waals surface area contributed by atoms with Crippen molar-refractivity contribution in [3.63, 3.8) is 0 Å². The molecular formula is C5H10O4. The van der Waals surface area contributed by atoms with E-state index in [-0.39, 0.29) is 13.0 Å². The SMILES string of the molecule is CC(=O)OC(O)CCO. The molecule has 0 aromatic heterocycles. The zero-order chi connectivity index (χ0) is 7.28. The predicted molar refractivity (Wildman–Crippen MR) is 29.5 cm³/mol. The first kappa shape index (κ1) is 8.39. The number of carbonyl (C=O) groups excluding carboxylic acids is 1. The molecule has 0 aliphatic heterocycles. The monoisotopic (exact) mass is 134 g/mol. The minimum absolute atomic E-state index is 0.0690. The quantitative estimate of drug-likeness (QED) is 0.393. The Morgan fingerprint density at radius 2 is 2.33 bits per heavy atom. The molecule has 0 spiro atoms. The number of hydrogen-bond donors (Lipinski definition) is 2. The number of aliphatic hydroxyl groups is 2. The Labute approximate surface area is 53.1 Å². The Hall–Kier alpha value is -0.610. The van der Waals surface area contributed by atoms with E-state index in [1.165, 1.54) is 6.92 Å². The van der Waals surface area contributed by atoms with Gasteiger partial charge in [0.1, 0.15) is 0 Å². The van der Waals surface area contributed by atoms with Crippen LogP contribution in [0.2, 0.25) is 0 Å². The summed E-state index contributed by atoms with van der Waals surface area (Å²) in [5.41, 5.74) is 0. The predicted octanol–water partition coefficient (Wildman–Crippen LogP) is -0.750. The highest BCUT2D eigenvalue weighted by Gasteiger charge is 2.04. The van der Waals surface area contributed by atoms with Crippen LogP contribution in [0.15, 0.2) is 0 Å². The Morgan fingerprint density at radius 1 is 1.78 bits per heavy atom. The van der Waals surface area contributed by atoms with Crippen molar-refractivity contribution >= 4 is 5.97 Å². The van der Waals surface area contributed by atoms with E-state index in [1.54, 1.807) is 0 Å². The van der Waals surface area contributed by atoms with Crippen molar-refractivity contribution in [3.8, 4) is 0 Å². The molecule has 54 valence electrons. The van der Waals surface area contributed by atoms with Crippen LogP contribution in [0, 0.1) is 0 Å². The van der Waals surface area contributed by atoms with Crippen LogP contribution < -0.4 is 0 Å². The standard InChI is InChI=1S/C5H10O4/c1-4(7)9-5(8)2-3-6/h5-6,8H,2-3H2,1H3. The Kier molecular flexibility index (Phi) is 4.00. The second-order valence-electron chi connectivity index (χ2n) is 1.58. The van der Waals surface area contributed by atoms with Crippen molar-refractivity contribution in [1.82, 2.24) is 0 Å². The number of ether oxygens (including phenoxy) is 1. The number of rotatable bonds is 3. The van der Waals surface area contributed by atoms with E-state index in [9.17, 15) is 4.79 Å². The summed E-state index contributed by atoms with van der Waals surface area (Å²) >= 11 is 0. The maximum atomic E-state index is 10.1. The zero-order valence-electron chi connectivity index (χ0n) is 5.20. The van der Waals surface area contributed by atoms with E-state index in [0.29, 0.717) is 0 Å². The molecule has 4 heteroatoms. The first-order valence-corrected chi connectivity index (χ1v) is 2.63. The van der Waals surface area contributed by atoms with Gasteiger partial charge in [0.05, 0.1) is 0 Å². The molecule has 0 aromatic rings. The molecule has 0 fully saturated rings. The van der Waals surface area contributed by atoms with Gasteiger partial charge in [-0.25, -0.2) is 0 Å². The lowest BCUT2D eigenvalue weighted by Crippen LogP contribution is -2.16. The van der Waals surface area contributed by atoms with Crippen LogP contribution in [0.5, 0.6) is 0 Å². The fourth-order valence-corrected chi connectivity index (χ4v) is 0.361. The first-order valence-electron chi connectivity index (χ1n) is 2.63. The molecule has 0 aromatic carbocycles. The highest BCUT2D eigenvalue weighted by Crippen LogP contribution is 1.91. The molecule has 0 rings (SSSR count). The summed E-state index contributed by atoms with van der Waals surface area (Å²) in [6.45, 7) is 1.01. The van der Waals surface area contributed by atoms with Crippen molar-refractivity contribution in [1.29, 1.82) is 0 Å². The summed E-state index contributed by atoms with van der Waals surface area (Å²) in [5, 5.41) is 16.8. The average Bonchev–Trinajstić information content (AvgIpc) is 1.63. The van der Waals surface area contributed by atoms with E-state index < -0.39 is 12.3 Å². The molecule has 9 heavy (non-hydrogen) atoms. The van der Waals surface area contributed by atoms with E-state index in [0.717, 1.165) is 0 Å². The second-order valence-corrected chi connectivity index (χ2v) is 1.58. The third-order valence-electron chi connectivity index (χ3n) is 0.678. The third kappa shape index (κ3) is 5.26. The van der Waals surface area contributed by atoms with Crippen molar-refractivity contribution in [2.75, 3.05) is 6.61 Å². The molecule has 1 atom stereocenters. The molecule has 0 aliphatic rings. The molecule has 0 amide bonds. The summed E-state index contributed by atoms with van der Waals surface area (Å²) in [6, 6.07) is 0. The second kappa shape index (κ2) is 4.29. The molecule has 0 saturated heterocycles. The third-order valence-corrected chi connectivity index (χ3v) is 0.678. The van der Waals surface area contributed by atoms with Gasteiger partial charge in [0.15, 0.2) is 0 Å². The average molecular weight is 134 g/mol. The smallest absolute Gasteiger partial charge is 0.304 e. The first-order chi connectivity index (χ1) is 4.16. The van der Waals surface area contributed by atoms with Gasteiger partial charge in [-0.3, -0.25) is 4.79 Å². The summed E-state index contributed by atoms with van der Waals surface area (Å²) < 4.78 is 4.25. The van der Waals surface area contributed by atoms with Crippen LogP contribution in [-0.4, -0.2) is 29.1 Å². The van der Waals surface area contributed by atoms with Gasteiger partial charge in [-0.2, -0.15) is 0 Å². The fourth-order valence-electron chi connectivity index (χ4n) is 0.361. The highest BCUT2D eigenvalue weighted by molar-refractivity contribution is 5.65. The van der Waals surface area contributed by atoms with Gasteiger partial charge in [0.25, 0.3) is 0 Å².